The minimum absolute atomic E-state index is 0.0625. The van der Waals surface area contributed by atoms with Gasteiger partial charge in [-0.15, -0.1) is 0 Å². The van der Waals surface area contributed by atoms with Gasteiger partial charge in [-0.3, -0.25) is 4.79 Å². The molecule has 2 atom stereocenters. The molecule has 0 saturated heterocycles. The molecule has 0 saturated carbocycles. The van der Waals surface area contributed by atoms with E-state index in [1.165, 1.54) is 7.11 Å². The van der Waals surface area contributed by atoms with Crippen LogP contribution in [0.4, 0.5) is 0 Å². The molecular formula is C17H27NO6S. The zero-order valence-corrected chi connectivity index (χ0v) is 16.2. The number of nitrogens with one attached hydrogen (secondary N) is 1. The standard InChI is InChI=1S/C17H27NO6S/c1-10(2)22-12(4)23-13(5)24-17(20)16-14(8-21-6)9-25-11(3)7-15(19)18-16/h10-11,13H,4,7-9H2,1-3,5-6H3,(H,18,19)/b16-14-/t11-,13?/m0/s1. The second-order valence-electron chi connectivity index (χ2n) is 5.91. The Labute approximate surface area is 153 Å². The van der Waals surface area contributed by atoms with Crippen molar-refractivity contribution in [2.24, 2.45) is 0 Å². The second kappa shape index (κ2) is 10.4. The molecule has 0 radical (unpaired) electrons. The predicted molar refractivity (Wildman–Crippen MR) is 95.6 cm³/mol. The van der Waals surface area contributed by atoms with Gasteiger partial charge in [0.2, 0.25) is 12.2 Å². The summed E-state index contributed by atoms with van der Waals surface area (Å²) in [6.07, 6.45) is -0.688. The van der Waals surface area contributed by atoms with Crippen molar-refractivity contribution in [3.05, 3.63) is 23.8 Å². The Bertz CT molecular complexity index is 531. The van der Waals surface area contributed by atoms with Crippen LogP contribution in [0, 0.1) is 0 Å². The van der Waals surface area contributed by atoms with Crippen LogP contribution in [0.5, 0.6) is 0 Å². The maximum absolute atomic E-state index is 12.5. The molecule has 0 bridgehead atoms. The highest BCUT2D eigenvalue weighted by molar-refractivity contribution is 8.00. The van der Waals surface area contributed by atoms with Crippen LogP contribution >= 0.6 is 11.8 Å². The molecule has 0 aliphatic carbocycles. The smallest absolute Gasteiger partial charge is 0.357 e. The van der Waals surface area contributed by atoms with Crippen LogP contribution in [0.2, 0.25) is 0 Å². The third-order valence-corrected chi connectivity index (χ3v) is 4.34. The van der Waals surface area contributed by atoms with Crippen molar-refractivity contribution < 1.29 is 28.5 Å². The van der Waals surface area contributed by atoms with Crippen LogP contribution in [-0.4, -0.2) is 49.0 Å². The Hall–Kier alpha value is -1.67. The van der Waals surface area contributed by atoms with Crippen molar-refractivity contribution in [1.29, 1.82) is 0 Å². The topological polar surface area (TPSA) is 83.1 Å². The van der Waals surface area contributed by atoms with Gasteiger partial charge in [-0.25, -0.2) is 4.79 Å². The molecule has 7 nitrogen and oxygen atoms in total. The summed E-state index contributed by atoms with van der Waals surface area (Å²) in [6, 6.07) is 0. The van der Waals surface area contributed by atoms with Gasteiger partial charge < -0.3 is 24.3 Å². The Morgan fingerprint density at radius 2 is 2.00 bits per heavy atom. The van der Waals surface area contributed by atoms with Crippen LogP contribution in [0.25, 0.3) is 0 Å². The minimum Gasteiger partial charge on any atom is -0.463 e. The first-order chi connectivity index (χ1) is 11.7. The lowest BCUT2D eigenvalue weighted by Gasteiger charge is -2.23. The van der Waals surface area contributed by atoms with E-state index in [0.717, 1.165) is 0 Å². The number of methoxy groups -OCH3 is 1. The number of esters is 1. The van der Waals surface area contributed by atoms with E-state index >= 15 is 0 Å². The number of ether oxygens (including phenoxy) is 4. The van der Waals surface area contributed by atoms with Crippen LogP contribution in [0.1, 0.15) is 34.1 Å². The lowest BCUT2D eigenvalue weighted by atomic mass is 10.2. The molecule has 0 aromatic heterocycles. The average Bonchev–Trinajstić information content (AvgIpc) is 2.46. The summed E-state index contributed by atoms with van der Waals surface area (Å²) in [5.74, 6) is -0.285. The maximum atomic E-state index is 12.5. The molecule has 1 N–H and O–H groups in total. The van der Waals surface area contributed by atoms with E-state index in [1.807, 2.05) is 20.8 Å². The van der Waals surface area contributed by atoms with Crippen molar-refractivity contribution in [3.63, 3.8) is 0 Å². The molecule has 0 spiro atoms. The summed E-state index contributed by atoms with van der Waals surface area (Å²) < 4.78 is 20.9. The number of carbonyl (C=O) groups excluding carboxylic acids is 2. The highest BCUT2D eigenvalue weighted by Gasteiger charge is 2.26. The normalized spacial score (nSPS) is 22.5. The minimum atomic E-state index is -0.913. The van der Waals surface area contributed by atoms with E-state index in [4.69, 9.17) is 18.9 Å². The van der Waals surface area contributed by atoms with Crippen molar-refractivity contribution >= 4 is 23.6 Å². The molecular weight excluding hydrogens is 346 g/mol. The van der Waals surface area contributed by atoms with E-state index in [-0.39, 0.29) is 35.5 Å². The predicted octanol–water partition coefficient (Wildman–Crippen LogP) is 2.33. The zero-order chi connectivity index (χ0) is 19.0. The van der Waals surface area contributed by atoms with Gasteiger partial charge in [-0.2, -0.15) is 11.8 Å². The summed E-state index contributed by atoms with van der Waals surface area (Å²) in [5.41, 5.74) is 0.777. The Morgan fingerprint density at radius 1 is 1.32 bits per heavy atom. The molecule has 8 heteroatoms. The summed E-state index contributed by atoms with van der Waals surface area (Å²) in [5, 5.41) is 2.79. The number of rotatable bonds is 8. The third kappa shape index (κ3) is 7.83. The Morgan fingerprint density at radius 3 is 2.60 bits per heavy atom. The van der Waals surface area contributed by atoms with E-state index in [9.17, 15) is 9.59 Å². The van der Waals surface area contributed by atoms with Crippen molar-refractivity contribution in [1.82, 2.24) is 5.32 Å². The van der Waals surface area contributed by atoms with Gasteiger partial charge in [0.15, 0.2) is 0 Å². The fourth-order valence-corrected chi connectivity index (χ4v) is 3.09. The van der Waals surface area contributed by atoms with Crippen LogP contribution < -0.4 is 5.32 Å². The SMILES string of the molecule is C=C(OC(C)C)OC(C)OC(=O)/C1=C(\COC)CS[C@@H](C)CC(=O)N1. The highest BCUT2D eigenvalue weighted by Crippen LogP contribution is 2.23. The molecule has 0 aromatic rings. The van der Waals surface area contributed by atoms with Gasteiger partial charge in [-0.1, -0.05) is 6.92 Å². The summed E-state index contributed by atoms with van der Waals surface area (Å²) in [7, 11) is 1.53. The van der Waals surface area contributed by atoms with Crippen LogP contribution in [0.15, 0.2) is 23.8 Å². The van der Waals surface area contributed by atoms with E-state index in [1.54, 1.807) is 18.7 Å². The largest absolute Gasteiger partial charge is 0.463 e. The fraction of sp³-hybridized carbons (Fsp3) is 0.647. The molecule has 1 aliphatic heterocycles. The first-order valence-electron chi connectivity index (χ1n) is 8.08. The average molecular weight is 373 g/mol. The molecule has 25 heavy (non-hydrogen) atoms. The number of amides is 1. The lowest BCUT2D eigenvalue weighted by Crippen LogP contribution is -2.35. The van der Waals surface area contributed by atoms with E-state index in [0.29, 0.717) is 17.7 Å². The second-order valence-corrected chi connectivity index (χ2v) is 7.34. The molecule has 1 amide bonds. The Balaban J connectivity index is 2.82. The molecule has 0 aromatic carbocycles. The van der Waals surface area contributed by atoms with Crippen molar-refractivity contribution in [2.45, 2.75) is 51.8 Å². The van der Waals surface area contributed by atoms with Crippen LogP contribution in [-0.2, 0) is 28.5 Å². The number of hydrogen-bond acceptors (Lipinski definition) is 7. The maximum Gasteiger partial charge on any atom is 0.357 e. The fourth-order valence-electron chi connectivity index (χ4n) is 2.11. The van der Waals surface area contributed by atoms with Gasteiger partial charge >= 0.3 is 5.97 Å². The van der Waals surface area contributed by atoms with Gasteiger partial charge in [-0.05, 0) is 26.0 Å². The van der Waals surface area contributed by atoms with E-state index < -0.39 is 12.3 Å². The van der Waals surface area contributed by atoms with E-state index in [2.05, 4.69) is 11.9 Å². The monoisotopic (exact) mass is 373 g/mol. The third-order valence-electron chi connectivity index (χ3n) is 3.09. The first kappa shape index (κ1) is 21.4. The van der Waals surface area contributed by atoms with Crippen LogP contribution in [0.3, 0.4) is 0 Å². The van der Waals surface area contributed by atoms with Crippen molar-refractivity contribution in [3.8, 4) is 0 Å². The molecule has 1 heterocycles. The summed E-state index contributed by atoms with van der Waals surface area (Å²) in [6.45, 7) is 11.0. The molecule has 1 aliphatic rings. The highest BCUT2D eigenvalue weighted by atomic mass is 32.2. The number of hydrogen-bond donors (Lipinski definition) is 1. The molecule has 1 unspecified atom stereocenters. The lowest BCUT2D eigenvalue weighted by molar-refractivity contribution is -0.174. The molecule has 1 rings (SSSR count). The summed E-state index contributed by atoms with van der Waals surface area (Å²) >= 11 is 1.59. The Kier molecular flexibility index (Phi) is 8.85. The first-order valence-corrected chi connectivity index (χ1v) is 9.13. The number of thioether (sulfide) groups is 1. The quantitative estimate of drug-likeness (QED) is 0.397. The number of carbonyl (C=O) groups is 2. The van der Waals surface area contributed by atoms with Gasteiger partial charge in [0.1, 0.15) is 5.70 Å². The zero-order valence-electron chi connectivity index (χ0n) is 15.4. The molecule has 142 valence electrons. The van der Waals surface area contributed by atoms with Gasteiger partial charge in [0.05, 0.1) is 12.7 Å². The summed E-state index contributed by atoms with van der Waals surface area (Å²) in [4.78, 5) is 24.5. The van der Waals surface area contributed by atoms with Gasteiger partial charge in [0.25, 0.3) is 5.95 Å². The van der Waals surface area contributed by atoms with Gasteiger partial charge in [0, 0.05) is 31.5 Å². The van der Waals surface area contributed by atoms with Crippen molar-refractivity contribution in [2.75, 3.05) is 19.5 Å². The molecule has 0 fully saturated rings.